The van der Waals surface area contributed by atoms with Crippen molar-refractivity contribution in [1.29, 1.82) is 0 Å². The number of anilines is 1. The number of rotatable bonds is 3. The first kappa shape index (κ1) is 12.4. The van der Waals surface area contributed by atoms with Gasteiger partial charge in [-0.25, -0.2) is 0 Å². The molecule has 5 heteroatoms. The Balaban J connectivity index is 1.94. The van der Waals surface area contributed by atoms with Crippen LogP contribution >= 0.6 is 0 Å². The van der Waals surface area contributed by atoms with Gasteiger partial charge in [0, 0.05) is 11.5 Å². The third-order valence-electron chi connectivity index (χ3n) is 3.64. The molecule has 5 nitrogen and oxygen atoms in total. The highest BCUT2D eigenvalue weighted by Crippen LogP contribution is 2.33. The van der Waals surface area contributed by atoms with E-state index in [1.807, 2.05) is 16.6 Å². The molecule has 0 amide bonds. The van der Waals surface area contributed by atoms with Gasteiger partial charge in [-0.1, -0.05) is 20.8 Å². The predicted molar refractivity (Wildman–Crippen MR) is 75.3 cm³/mol. The normalized spacial score (nSPS) is 17.7. The van der Waals surface area contributed by atoms with Crippen LogP contribution in [-0.2, 0) is 5.41 Å². The zero-order valence-corrected chi connectivity index (χ0v) is 12.0. The molecule has 1 unspecified atom stereocenters. The van der Waals surface area contributed by atoms with Gasteiger partial charge in [-0.2, -0.15) is 4.52 Å². The minimum absolute atomic E-state index is 0.0624. The summed E-state index contributed by atoms with van der Waals surface area (Å²) in [5.74, 6) is 2.60. The number of nitrogens with zero attached hydrogens (tertiary/aromatic N) is 4. The van der Waals surface area contributed by atoms with Gasteiger partial charge in [0.05, 0.1) is 0 Å². The van der Waals surface area contributed by atoms with Crippen molar-refractivity contribution in [3.8, 4) is 0 Å². The summed E-state index contributed by atoms with van der Waals surface area (Å²) in [6.45, 7) is 8.59. The van der Waals surface area contributed by atoms with E-state index in [1.165, 1.54) is 12.8 Å². The molecule has 0 aliphatic heterocycles. The number of hydrogen-bond donors (Lipinski definition) is 1. The Kier molecular flexibility index (Phi) is 2.73. The fourth-order valence-corrected chi connectivity index (χ4v) is 2.28. The average Bonchev–Trinajstić information content (AvgIpc) is 3.08. The second kappa shape index (κ2) is 4.18. The van der Waals surface area contributed by atoms with Crippen LogP contribution in [-0.4, -0.2) is 25.9 Å². The van der Waals surface area contributed by atoms with Gasteiger partial charge < -0.3 is 5.32 Å². The molecule has 3 rings (SSSR count). The maximum absolute atomic E-state index is 4.63. The molecule has 2 aromatic rings. The Labute approximate surface area is 113 Å². The number of fused-ring (bicyclic) bond motifs is 1. The summed E-state index contributed by atoms with van der Waals surface area (Å²) in [7, 11) is 0. The van der Waals surface area contributed by atoms with Crippen molar-refractivity contribution in [3.05, 3.63) is 18.0 Å². The van der Waals surface area contributed by atoms with Crippen LogP contribution in [0.2, 0.25) is 0 Å². The number of nitrogens with one attached hydrogen (secondary N) is 1. The average molecular weight is 259 g/mol. The second-order valence-corrected chi connectivity index (χ2v) is 6.53. The van der Waals surface area contributed by atoms with Gasteiger partial charge in [0.15, 0.2) is 11.5 Å². The predicted octanol–water partition coefficient (Wildman–Crippen LogP) is 2.63. The van der Waals surface area contributed by atoms with Gasteiger partial charge in [-0.3, -0.25) is 0 Å². The summed E-state index contributed by atoms with van der Waals surface area (Å²) in [6.07, 6.45) is 2.66. The van der Waals surface area contributed by atoms with Crippen LogP contribution in [0.3, 0.4) is 0 Å². The van der Waals surface area contributed by atoms with Crippen molar-refractivity contribution in [2.24, 2.45) is 5.92 Å². The van der Waals surface area contributed by atoms with E-state index in [4.69, 9.17) is 0 Å². The topological polar surface area (TPSA) is 55.1 Å². The lowest BCUT2D eigenvalue weighted by Crippen LogP contribution is -2.20. The molecule has 2 aromatic heterocycles. The van der Waals surface area contributed by atoms with Crippen molar-refractivity contribution < 1.29 is 0 Å². The number of hydrogen-bond acceptors (Lipinski definition) is 4. The molecule has 0 radical (unpaired) electrons. The molecule has 1 saturated carbocycles. The largest absolute Gasteiger partial charge is 0.366 e. The smallest absolute Gasteiger partial charge is 0.178 e. The Hall–Kier alpha value is -1.65. The van der Waals surface area contributed by atoms with Crippen LogP contribution in [0.4, 0.5) is 5.82 Å². The Morgan fingerprint density at radius 3 is 2.63 bits per heavy atom. The maximum atomic E-state index is 4.63. The lowest BCUT2D eigenvalue weighted by Gasteiger charge is -2.16. The molecule has 0 aromatic carbocycles. The van der Waals surface area contributed by atoms with E-state index in [2.05, 4.69) is 48.3 Å². The summed E-state index contributed by atoms with van der Waals surface area (Å²) in [4.78, 5) is 0. The zero-order chi connectivity index (χ0) is 13.6. The lowest BCUT2D eigenvalue weighted by molar-refractivity contribution is 0.526. The molecule has 19 heavy (non-hydrogen) atoms. The highest BCUT2D eigenvalue weighted by molar-refractivity contribution is 5.45. The molecule has 0 bridgehead atoms. The molecule has 0 saturated heterocycles. The SMILES string of the molecule is CC(Nc1ccc2nnc(C(C)(C)C)n2n1)C1CC1. The van der Waals surface area contributed by atoms with Gasteiger partial charge >= 0.3 is 0 Å². The summed E-state index contributed by atoms with van der Waals surface area (Å²) < 4.78 is 1.85. The first-order valence-electron chi connectivity index (χ1n) is 6.94. The molecular weight excluding hydrogens is 238 g/mol. The highest BCUT2D eigenvalue weighted by atomic mass is 15.4. The van der Waals surface area contributed by atoms with E-state index in [-0.39, 0.29) is 5.41 Å². The minimum Gasteiger partial charge on any atom is -0.366 e. The van der Waals surface area contributed by atoms with E-state index >= 15 is 0 Å². The van der Waals surface area contributed by atoms with Crippen LogP contribution in [0.15, 0.2) is 12.1 Å². The van der Waals surface area contributed by atoms with Crippen molar-refractivity contribution in [1.82, 2.24) is 19.8 Å². The van der Waals surface area contributed by atoms with E-state index in [9.17, 15) is 0 Å². The standard InChI is InChI=1S/C14H21N5/c1-9(10-5-6-10)15-11-7-8-12-16-17-13(14(2,3)4)19(12)18-11/h7-10H,5-6H2,1-4H3,(H,15,18). The summed E-state index contributed by atoms with van der Waals surface area (Å²) >= 11 is 0. The van der Waals surface area contributed by atoms with Crippen molar-refractivity contribution in [2.45, 2.75) is 52.0 Å². The van der Waals surface area contributed by atoms with E-state index in [1.54, 1.807) is 0 Å². The minimum atomic E-state index is -0.0624. The zero-order valence-electron chi connectivity index (χ0n) is 12.0. The van der Waals surface area contributed by atoms with Crippen molar-refractivity contribution >= 4 is 11.5 Å². The van der Waals surface area contributed by atoms with E-state index in [0.29, 0.717) is 6.04 Å². The van der Waals surface area contributed by atoms with Crippen LogP contribution in [0.25, 0.3) is 5.65 Å². The molecule has 1 aliphatic carbocycles. The molecule has 1 atom stereocenters. The van der Waals surface area contributed by atoms with Crippen LogP contribution in [0.5, 0.6) is 0 Å². The van der Waals surface area contributed by atoms with Gasteiger partial charge in [0.25, 0.3) is 0 Å². The quantitative estimate of drug-likeness (QED) is 0.920. The Bertz CT molecular complexity index is 591. The summed E-state index contributed by atoms with van der Waals surface area (Å²) in [5, 5.41) is 16.5. The fraction of sp³-hybridized carbons (Fsp3) is 0.643. The summed E-state index contributed by atoms with van der Waals surface area (Å²) in [5.41, 5.74) is 0.738. The van der Waals surface area contributed by atoms with Gasteiger partial charge in [-0.05, 0) is 37.8 Å². The first-order valence-corrected chi connectivity index (χ1v) is 6.94. The third-order valence-corrected chi connectivity index (χ3v) is 3.64. The van der Waals surface area contributed by atoms with Gasteiger partial charge in [-0.15, -0.1) is 15.3 Å². The van der Waals surface area contributed by atoms with Gasteiger partial charge in [0.1, 0.15) is 5.82 Å². The molecule has 2 heterocycles. The monoisotopic (exact) mass is 259 g/mol. The van der Waals surface area contributed by atoms with Crippen LogP contribution < -0.4 is 5.32 Å². The number of aromatic nitrogens is 4. The molecule has 1 aliphatic rings. The van der Waals surface area contributed by atoms with Crippen LogP contribution in [0.1, 0.15) is 46.4 Å². The Morgan fingerprint density at radius 1 is 1.26 bits per heavy atom. The third kappa shape index (κ3) is 2.41. The molecule has 1 N–H and O–H groups in total. The van der Waals surface area contributed by atoms with Crippen LogP contribution in [0, 0.1) is 5.92 Å². The van der Waals surface area contributed by atoms with E-state index in [0.717, 1.165) is 23.2 Å². The van der Waals surface area contributed by atoms with Gasteiger partial charge in [0.2, 0.25) is 0 Å². The molecule has 102 valence electrons. The maximum Gasteiger partial charge on any atom is 0.178 e. The second-order valence-electron chi connectivity index (χ2n) is 6.53. The fourth-order valence-electron chi connectivity index (χ4n) is 2.28. The molecule has 0 spiro atoms. The first-order chi connectivity index (χ1) is 8.95. The molecular formula is C14H21N5. The Morgan fingerprint density at radius 2 is 2.00 bits per heavy atom. The summed E-state index contributed by atoms with van der Waals surface area (Å²) in [6, 6.07) is 4.44. The van der Waals surface area contributed by atoms with E-state index < -0.39 is 0 Å². The molecule has 1 fully saturated rings. The van der Waals surface area contributed by atoms with Crippen molar-refractivity contribution in [3.63, 3.8) is 0 Å². The highest BCUT2D eigenvalue weighted by Gasteiger charge is 2.28. The van der Waals surface area contributed by atoms with Crippen molar-refractivity contribution in [2.75, 3.05) is 5.32 Å². The lowest BCUT2D eigenvalue weighted by atomic mass is 9.96.